The monoisotopic (exact) mass is 267 g/mol. The molecule has 3 heteroatoms. The van der Waals surface area contributed by atoms with Crippen molar-refractivity contribution in [2.75, 3.05) is 0 Å². The van der Waals surface area contributed by atoms with Crippen LogP contribution < -0.4 is 9.30 Å². The number of ether oxygens (including phenoxy) is 1. The molecule has 0 radical (unpaired) electrons. The molecule has 0 saturated carbocycles. The van der Waals surface area contributed by atoms with Crippen LogP contribution in [0.3, 0.4) is 0 Å². The first-order chi connectivity index (χ1) is 9.78. The van der Waals surface area contributed by atoms with Crippen LogP contribution >= 0.6 is 0 Å². The average molecular weight is 267 g/mol. The van der Waals surface area contributed by atoms with E-state index in [0.29, 0.717) is 6.61 Å². The van der Waals surface area contributed by atoms with E-state index in [4.69, 9.17) is 4.74 Å². The maximum absolute atomic E-state index is 5.87. The van der Waals surface area contributed by atoms with E-state index in [1.165, 1.54) is 11.1 Å². The lowest BCUT2D eigenvalue weighted by Crippen LogP contribution is -2.36. The summed E-state index contributed by atoms with van der Waals surface area (Å²) in [7, 11) is 0. The normalized spacial score (nSPS) is 10.9. The molecule has 1 heterocycles. The molecular formula is C17H19N2O+. The third-order valence-corrected chi connectivity index (χ3v) is 3.51. The Morgan fingerprint density at radius 1 is 1.05 bits per heavy atom. The molecule has 0 saturated heterocycles. The number of H-pyrrole nitrogens is 1. The van der Waals surface area contributed by atoms with Gasteiger partial charge in [0, 0.05) is 0 Å². The molecule has 0 unspecified atom stereocenters. The number of fused-ring (bicyclic) bond motifs is 1. The average Bonchev–Trinajstić information content (AvgIpc) is 2.84. The van der Waals surface area contributed by atoms with E-state index in [-0.39, 0.29) is 0 Å². The lowest BCUT2D eigenvalue weighted by Gasteiger charge is -2.04. The minimum atomic E-state index is 0.547. The molecule has 3 nitrogen and oxygen atoms in total. The van der Waals surface area contributed by atoms with Crippen LogP contribution in [0.2, 0.25) is 0 Å². The minimum absolute atomic E-state index is 0.547. The number of para-hydroxylation sites is 2. The van der Waals surface area contributed by atoms with Crippen LogP contribution in [0.5, 0.6) is 5.75 Å². The van der Waals surface area contributed by atoms with Crippen LogP contribution in [0.15, 0.2) is 48.5 Å². The van der Waals surface area contributed by atoms with Crippen LogP contribution in [-0.4, -0.2) is 4.98 Å². The largest absolute Gasteiger partial charge is 0.481 e. The predicted molar refractivity (Wildman–Crippen MR) is 79.7 cm³/mol. The molecule has 3 rings (SSSR count). The highest BCUT2D eigenvalue weighted by Gasteiger charge is 2.16. The van der Waals surface area contributed by atoms with Gasteiger partial charge in [-0.1, -0.05) is 29.8 Å². The van der Waals surface area contributed by atoms with Crippen molar-refractivity contribution in [1.82, 2.24) is 4.98 Å². The number of aromatic amines is 1. The van der Waals surface area contributed by atoms with E-state index in [1.54, 1.807) is 0 Å². The number of rotatable bonds is 4. The molecule has 1 N–H and O–H groups in total. The van der Waals surface area contributed by atoms with Crippen LogP contribution in [0.1, 0.15) is 18.3 Å². The molecule has 0 aliphatic carbocycles. The Morgan fingerprint density at radius 3 is 2.55 bits per heavy atom. The van der Waals surface area contributed by atoms with Gasteiger partial charge in [-0.25, -0.2) is 9.55 Å². The minimum Gasteiger partial charge on any atom is -0.481 e. The van der Waals surface area contributed by atoms with E-state index >= 15 is 0 Å². The van der Waals surface area contributed by atoms with Crippen LogP contribution in [0, 0.1) is 6.92 Å². The topological polar surface area (TPSA) is 28.9 Å². The molecule has 0 atom stereocenters. The van der Waals surface area contributed by atoms with Crippen molar-refractivity contribution >= 4 is 11.0 Å². The van der Waals surface area contributed by atoms with Crippen molar-refractivity contribution in [3.63, 3.8) is 0 Å². The van der Waals surface area contributed by atoms with Crippen molar-refractivity contribution < 1.29 is 9.30 Å². The molecule has 0 bridgehead atoms. The molecule has 2 aromatic carbocycles. The maximum atomic E-state index is 5.87. The van der Waals surface area contributed by atoms with Gasteiger partial charge >= 0.3 is 0 Å². The number of hydrogen-bond donors (Lipinski definition) is 1. The van der Waals surface area contributed by atoms with Gasteiger partial charge in [0.25, 0.3) is 5.82 Å². The van der Waals surface area contributed by atoms with Crippen LogP contribution in [-0.2, 0) is 13.2 Å². The molecular weight excluding hydrogens is 248 g/mol. The van der Waals surface area contributed by atoms with Gasteiger partial charge < -0.3 is 4.74 Å². The highest BCUT2D eigenvalue weighted by molar-refractivity contribution is 5.70. The summed E-state index contributed by atoms with van der Waals surface area (Å²) >= 11 is 0. The number of nitrogens with zero attached hydrogens (tertiary/aromatic N) is 1. The van der Waals surface area contributed by atoms with E-state index in [2.05, 4.69) is 53.7 Å². The Labute approximate surface area is 118 Å². The lowest BCUT2D eigenvalue weighted by atomic mass is 10.2. The molecule has 0 fully saturated rings. The summed E-state index contributed by atoms with van der Waals surface area (Å²) in [5.74, 6) is 1.99. The first-order valence-electron chi connectivity index (χ1n) is 6.97. The third-order valence-electron chi connectivity index (χ3n) is 3.51. The highest BCUT2D eigenvalue weighted by atomic mass is 16.5. The fourth-order valence-electron chi connectivity index (χ4n) is 2.44. The second kappa shape index (κ2) is 5.37. The number of nitrogens with one attached hydrogen (secondary N) is 1. The Morgan fingerprint density at radius 2 is 1.80 bits per heavy atom. The van der Waals surface area contributed by atoms with Gasteiger partial charge in [-0.15, -0.1) is 0 Å². The van der Waals surface area contributed by atoms with Gasteiger partial charge in [-0.3, -0.25) is 0 Å². The number of aromatic nitrogens is 2. The SMILES string of the molecule is CC[n+]1c(COc2ccc(C)cc2)[nH]c2ccccc21. The molecule has 0 spiro atoms. The number of imidazole rings is 1. The van der Waals surface area contributed by atoms with Gasteiger partial charge in [0.05, 0.1) is 6.54 Å². The second-order valence-electron chi connectivity index (χ2n) is 4.93. The van der Waals surface area contributed by atoms with Gasteiger partial charge in [0.2, 0.25) is 0 Å². The maximum Gasteiger partial charge on any atom is 0.293 e. The Balaban J connectivity index is 1.85. The van der Waals surface area contributed by atoms with Crippen molar-refractivity contribution in [2.24, 2.45) is 0 Å². The Bertz CT molecular complexity index is 713. The quantitative estimate of drug-likeness (QED) is 0.721. The fraction of sp³-hybridized carbons (Fsp3) is 0.235. The zero-order chi connectivity index (χ0) is 13.9. The fourth-order valence-corrected chi connectivity index (χ4v) is 2.44. The third kappa shape index (κ3) is 2.39. The summed E-state index contributed by atoms with van der Waals surface area (Å²) in [6.07, 6.45) is 0. The zero-order valence-electron chi connectivity index (χ0n) is 11.9. The molecule has 0 aliphatic heterocycles. The molecule has 0 aliphatic rings. The van der Waals surface area contributed by atoms with Crippen molar-refractivity contribution in [2.45, 2.75) is 27.0 Å². The summed E-state index contributed by atoms with van der Waals surface area (Å²) in [5.41, 5.74) is 3.61. The van der Waals surface area contributed by atoms with Gasteiger partial charge in [0.1, 0.15) is 5.75 Å². The first kappa shape index (κ1) is 12.7. The predicted octanol–water partition coefficient (Wildman–Crippen LogP) is 3.36. The summed E-state index contributed by atoms with van der Waals surface area (Å²) in [4.78, 5) is 3.43. The van der Waals surface area contributed by atoms with E-state index in [9.17, 15) is 0 Å². The van der Waals surface area contributed by atoms with Crippen LogP contribution in [0.4, 0.5) is 0 Å². The van der Waals surface area contributed by atoms with Gasteiger partial charge in [-0.05, 0) is 38.1 Å². The van der Waals surface area contributed by atoms with E-state index < -0.39 is 0 Å². The summed E-state index contributed by atoms with van der Waals surface area (Å²) < 4.78 is 8.12. The summed E-state index contributed by atoms with van der Waals surface area (Å²) in [5, 5.41) is 0. The molecule has 3 aromatic rings. The molecule has 1 aromatic heterocycles. The standard InChI is InChI=1S/C17H18N2O/c1-3-19-16-7-5-4-6-15(16)18-17(19)12-20-14-10-8-13(2)9-11-14/h4-11H,3,12H2,1-2H3/p+1. The molecule has 20 heavy (non-hydrogen) atoms. The van der Waals surface area contributed by atoms with E-state index in [1.807, 2.05) is 18.2 Å². The Kier molecular flexibility index (Phi) is 3.42. The molecule has 102 valence electrons. The first-order valence-corrected chi connectivity index (χ1v) is 6.97. The van der Waals surface area contributed by atoms with Crippen LogP contribution in [0.25, 0.3) is 11.0 Å². The molecule has 0 amide bonds. The smallest absolute Gasteiger partial charge is 0.293 e. The highest BCUT2D eigenvalue weighted by Crippen LogP contribution is 2.14. The van der Waals surface area contributed by atoms with Crippen molar-refractivity contribution in [3.8, 4) is 5.75 Å². The van der Waals surface area contributed by atoms with Gasteiger partial charge in [-0.2, -0.15) is 0 Å². The van der Waals surface area contributed by atoms with Crippen molar-refractivity contribution in [3.05, 3.63) is 59.9 Å². The van der Waals surface area contributed by atoms with E-state index in [0.717, 1.165) is 23.6 Å². The number of benzene rings is 2. The Hall–Kier alpha value is -2.29. The summed E-state index contributed by atoms with van der Waals surface area (Å²) in [6, 6.07) is 16.5. The lowest BCUT2D eigenvalue weighted by molar-refractivity contribution is -0.676. The van der Waals surface area contributed by atoms with Gasteiger partial charge in [0.15, 0.2) is 17.6 Å². The number of hydrogen-bond acceptors (Lipinski definition) is 1. The number of aryl methyl sites for hydroxylation is 2. The second-order valence-corrected chi connectivity index (χ2v) is 4.93. The zero-order valence-corrected chi connectivity index (χ0v) is 11.9. The summed E-state index contributed by atoms with van der Waals surface area (Å²) in [6.45, 7) is 5.70. The van der Waals surface area contributed by atoms with Crippen molar-refractivity contribution in [1.29, 1.82) is 0 Å².